The number of ether oxygens (including phenoxy) is 2. The van der Waals surface area contributed by atoms with Crippen LogP contribution in [-0.2, 0) is 12.5 Å². The molecule has 0 spiro atoms. The molecule has 0 aliphatic rings. The van der Waals surface area contributed by atoms with Crippen molar-refractivity contribution >= 4 is 0 Å². The van der Waals surface area contributed by atoms with Crippen LogP contribution in [0.2, 0.25) is 0 Å². The van der Waals surface area contributed by atoms with Crippen LogP contribution in [0.15, 0.2) is 79.6 Å². The zero-order valence-corrected chi connectivity index (χ0v) is 17.4. The standard InChI is InChI=1S/C25H17F7O2/c1-2-3-4-15-5-7-17(8-6-15)25(31,32)34-18-9-10-19(20(26)13-18)16-11-21(27)24(22(28)12-16)33-14-23(29)30/h2,5-14H,1,3-4H2. The van der Waals surface area contributed by atoms with Gasteiger partial charge in [-0.15, -0.1) is 6.58 Å². The van der Waals surface area contributed by atoms with E-state index in [-0.39, 0.29) is 17.4 Å². The van der Waals surface area contributed by atoms with Gasteiger partial charge in [0.1, 0.15) is 11.6 Å². The second-order valence-electron chi connectivity index (χ2n) is 7.08. The fourth-order valence-corrected chi connectivity index (χ4v) is 3.07. The van der Waals surface area contributed by atoms with E-state index in [1.165, 1.54) is 24.3 Å². The van der Waals surface area contributed by atoms with Crippen LogP contribution in [0.3, 0.4) is 0 Å². The lowest BCUT2D eigenvalue weighted by Crippen LogP contribution is -2.22. The molecule has 3 aromatic carbocycles. The van der Waals surface area contributed by atoms with Crippen LogP contribution in [0.25, 0.3) is 11.1 Å². The van der Waals surface area contributed by atoms with Gasteiger partial charge >= 0.3 is 12.2 Å². The predicted octanol–water partition coefficient (Wildman–Crippen LogP) is 8.13. The molecule has 0 radical (unpaired) electrons. The van der Waals surface area contributed by atoms with E-state index in [0.29, 0.717) is 31.0 Å². The summed E-state index contributed by atoms with van der Waals surface area (Å²) in [6, 6.07) is 9.39. The Kier molecular flexibility index (Phi) is 7.65. The molecule has 0 saturated carbocycles. The first-order chi connectivity index (χ1) is 16.1. The molecule has 0 unspecified atom stereocenters. The third-order valence-corrected chi connectivity index (χ3v) is 4.69. The second kappa shape index (κ2) is 10.5. The van der Waals surface area contributed by atoms with E-state index in [1.807, 2.05) is 0 Å². The monoisotopic (exact) mass is 482 g/mol. The first-order valence-corrected chi connectivity index (χ1v) is 9.84. The first kappa shape index (κ1) is 24.9. The minimum Gasteiger partial charge on any atom is -0.453 e. The zero-order chi connectivity index (χ0) is 24.9. The molecule has 0 aromatic heterocycles. The Morgan fingerprint density at radius 2 is 1.53 bits per heavy atom. The SMILES string of the molecule is C=CCCc1ccc(C(F)(F)Oc2ccc(-c3cc(F)c(OC=C(F)F)c(F)c3)c(F)c2)cc1. The van der Waals surface area contributed by atoms with Crippen LogP contribution < -0.4 is 9.47 Å². The van der Waals surface area contributed by atoms with Crippen molar-refractivity contribution in [2.45, 2.75) is 19.0 Å². The topological polar surface area (TPSA) is 18.5 Å². The smallest absolute Gasteiger partial charge is 0.426 e. The summed E-state index contributed by atoms with van der Waals surface area (Å²) in [5.41, 5.74) is -0.258. The molecule has 9 heteroatoms. The quantitative estimate of drug-likeness (QED) is 0.174. The van der Waals surface area contributed by atoms with Gasteiger partial charge in [-0.25, -0.2) is 13.2 Å². The largest absolute Gasteiger partial charge is 0.453 e. The Balaban J connectivity index is 1.81. The minimum atomic E-state index is -3.78. The maximum absolute atomic E-state index is 14.6. The van der Waals surface area contributed by atoms with Crippen LogP contribution in [0, 0.1) is 17.5 Å². The molecule has 0 atom stereocenters. The maximum Gasteiger partial charge on any atom is 0.426 e. The maximum atomic E-state index is 14.6. The number of halogens is 7. The summed E-state index contributed by atoms with van der Waals surface area (Å²) in [5.74, 6) is -5.46. The van der Waals surface area contributed by atoms with Crippen molar-refractivity contribution in [3.05, 3.63) is 108 Å². The molecule has 178 valence electrons. The number of hydrogen-bond acceptors (Lipinski definition) is 2. The fourth-order valence-electron chi connectivity index (χ4n) is 3.07. The molecule has 3 rings (SSSR count). The lowest BCUT2D eigenvalue weighted by Gasteiger charge is -2.19. The number of hydrogen-bond donors (Lipinski definition) is 0. The van der Waals surface area contributed by atoms with E-state index < -0.39 is 46.7 Å². The van der Waals surface area contributed by atoms with Crippen molar-refractivity contribution in [1.29, 1.82) is 0 Å². The van der Waals surface area contributed by atoms with Crippen molar-refractivity contribution in [2.75, 3.05) is 0 Å². The Hall–Kier alpha value is -3.75. The highest BCUT2D eigenvalue weighted by Gasteiger charge is 2.34. The van der Waals surface area contributed by atoms with Crippen molar-refractivity contribution in [3.8, 4) is 22.6 Å². The van der Waals surface area contributed by atoms with Gasteiger partial charge in [0.05, 0.1) is 5.56 Å². The van der Waals surface area contributed by atoms with E-state index in [1.54, 1.807) is 6.08 Å². The van der Waals surface area contributed by atoms with Gasteiger partial charge in [0.15, 0.2) is 23.6 Å². The summed E-state index contributed by atoms with van der Waals surface area (Å²) in [4.78, 5) is 0. The number of rotatable bonds is 9. The highest BCUT2D eigenvalue weighted by atomic mass is 19.3. The van der Waals surface area contributed by atoms with Crippen molar-refractivity contribution < 1.29 is 40.2 Å². The summed E-state index contributed by atoms with van der Waals surface area (Å²) in [6.07, 6.45) is -3.20. The lowest BCUT2D eigenvalue weighted by molar-refractivity contribution is -0.185. The number of benzene rings is 3. The Labute approximate surface area is 190 Å². The summed E-state index contributed by atoms with van der Waals surface area (Å²) >= 11 is 0. The molecule has 0 aliphatic heterocycles. The molecular weight excluding hydrogens is 465 g/mol. The highest BCUT2D eigenvalue weighted by molar-refractivity contribution is 5.66. The molecule has 0 fully saturated rings. The molecular formula is C25H17F7O2. The normalized spacial score (nSPS) is 11.1. The van der Waals surface area contributed by atoms with E-state index >= 15 is 0 Å². The Morgan fingerprint density at radius 3 is 2.09 bits per heavy atom. The molecule has 3 aromatic rings. The van der Waals surface area contributed by atoms with Crippen LogP contribution in [0.4, 0.5) is 30.7 Å². The van der Waals surface area contributed by atoms with Gasteiger partial charge in [0, 0.05) is 11.6 Å². The lowest BCUT2D eigenvalue weighted by atomic mass is 10.0. The first-order valence-electron chi connectivity index (χ1n) is 9.84. The molecule has 0 N–H and O–H groups in total. The highest BCUT2D eigenvalue weighted by Crippen LogP contribution is 2.35. The Morgan fingerprint density at radius 1 is 0.882 bits per heavy atom. The third kappa shape index (κ3) is 5.98. The zero-order valence-electron chi connectivity index (χ0n) is 17.4. The molecule has 0 amide bonds. The van der Waals surface area contributed by atoms with E-state index in [2.05, 4.69) is 16.1 Å². The summed E-state index contributed by atoms with van der Waals surface area (Å²) in [5, 5.41) is 0. The van der Waals surface area contributed by atoms with Gasteiger partial charge in [0.25, 0.3) is 0 Å². The van der Waals surface area contributed by atoms with Gasteiger partial charge in [-0.2, -0.15) is 17.6 Å². The molecule has 0 bridgehead atoms. The van der Waals surface area contributed by atoms with Gasteiger partial charge < -0.3 is 9.47 Å². The predicted molar refractivity (Wildman–Crippen MR) is 112 cm³/mol. The number of allylic oxidation sites excluding steroid dienone is 1. The van der Waals surface area contributed by atoms with Crippen molar-refractivity contribution in [2.24, 2.45) is 0 Å². The van der Waals surface area contributed by atoms with E-state index in [9.17, 15) is 30.7 Å². The van der Waals surface area contributed by atoms with Gasteiger partial charge in [-0.1, -0.05) is 18.2 Å². The fraction of sp³-hybridized carbons (Fsp3) is 0.120. The summed E-state index contributed by atoms with van der Waals surface area (Å²) < 4.78 is 105. The average Bonchev–Trinajstić information content (AvgIpc) is 2.77. The van der Waals surface area contributed by atoms with Gasteiger partial charge in [-0.05, 0) is 60.4 Å². The minimum absolute atomic E-state index is 0.150. The summed E-state index contributed by atoms with van der Waals surface area (Å²) in [6.45, 7) is 3.60. The summed E-state index contributed by atoms with van der Waals surface area (Å²) in [7, 11) is 0. The van der Waals surface area contributed by atoms with Crippen LogP contribution in [0.5, 0.6) is 11.5 Å². The average molecular weight is 482 g/mol. The van der Waals surface area contributed by atoms with E-state index in [4.69, 9.17) is 0 Å². The second-order valence-corrected chi connectivity index (χ2v) is 7.08. The molecule has 2 nitrogen and oxygen atoms in total. The molecule has 0 saturated heterocycles. The van der Waals surface area contributed by atoms with Crippen LogP contribution >= 0.6 is 0 Å². The van der Waals surface area contributed by atoms with Crippen LogP contribution in [-0.4, -0.2) is 0 Å². The van der Waals surface area contributed by atoms with Gasteiger partial charge in [-0.3, -0.25) is 0 Å². The molecule has 34 heavy (non-hydrogen) atoms. The van der Waals surface area contributed by atoms with Crippen LogP contribution in [0.1, 0.15) is 17.5 Å². The van der Waals surface area contributed by atoms with E-state index in [0.717, 1.165) is 17.7 Å². The molecule has 0 heterocycles. The van der Waals surface area contributed by atoms with Crippen molar-refractivity contribution in [1.82, 2.24) is 0 Å². The number of aryl methyl sites for hydroxylation is 1. The number of alkyl halides is 2. The van der Waals surface area contributed by atoms with Crippen molar-refractivity contribution in [3.63, 3.8) is 0 Å². The third-order valence-electron chi connectivity index (χ3n) is 4.69. The molecule has 0 aliphatic carbocycles. The Bertz CT molecular complexity index is 1180. The van der Waals surface area contributed by atoms with Gasteiger partial charge in [0.2, 0.25) is 0 Å².